The zero-order valence-corrected chi connectivity index (χ0v) is 10.2. The fourth-order valence-corrected chi connectivity index (χ4v) is 1.60. The third kappa shape index (κ3) is 3.45. The van der Waals surface area contributed by atoms with E-state index in [-0.39, 0.29) is 11.1 Å². The van der Waals surface area contributed by atoms with Crippen molar-refractivity contribution in [3.05, 3.63) is 64.6 Å². The first-order valence-electron chi connectivity index (χ1n) is 5.78. The molecule has 19 heavy (non-hydrogen) atoms. The smallest absolute Gasteiger partial charge is 0.335 e. The lowest BCUT2D eigenvalue weighted by molar-refractivity contribution is 0.0697. The van der Waals surface area contributed by atoms with Crippen molar-refractivity contribution in [3.8, 4) is 5.75 Å². The molecular weight excluding hydrogens is 246 g/mol. The maximum atomic E-state index is 11.4. The molecule has 1 aromatic carbocycles. The SMILES string of the molecule is O=C(O)c1ccc(OCCn2ccccc2=O)cc1. The van der Waals surface area contributed by atoms with E-state index in [4.69, 9.17) is 9.84 Å². The van der Waals surface area contributed by atoms with Gasteiger partial charge in [0.05, 0.1) is 12.1 Å². The summed E-state index contributed by atoms with van der Waals surface area (Å²) in [7, 11) is 0. The summed E-state index contributed by atoms with van der Waals surface area (Å²) in [5.41, 5.74) is 0.138. The number of carboxylic acid groups (broad SMARTS) is 1. The van der Waals surface area contributed by atoms with Gasteiger partial charge >= 0.3 is 5.97 Å². The van der Waals surface area contributed by atoms with Crippen molar-refractivity contribution in [2.75, 3.05) is 6.61 Å². The number of rotatable bonds is 5. The number of pyridine rings is 1. The van der Waals surface area contributed by atoms with E-state index in [1.165, 1.54) is 18.2 Å². The Kier molecular flexibility index (Phi) is 3.97. The largest absolute Gasteiger partial charge is 0.492 e. The zero-order valence-electron chi connectivity index (χ0n) is 10.2. The number of benzene rings is 1. The number of carboxylic acids is 1. The monoisotopic (exact) mass is 259 g/mol. The second-order valence-corrected chi connectivity index (χ2v) is 3.91. The molecule has 0 fully saturated rings. The van der Waals surface area contributed by atoms with Gasteiger partial charge in [-0.25, -0.2) is 4.79 Å². The first-order chi connectivity index (χ1) is 9.16. The van der Waals surface area contributed by atoms with Crippen molar-refractivity contribution in [3.63, 3.8) is 0 Å². The summed E-state index contributed by atoms with van der Waals surface area (Å²) < 4.78 is 6.99. The van der Waals surface area contributed by atoms with E-state index in [0.29, 0.717) is 18.9 Å². The minimum absolute atomic E-state index is 0.0766. The van der Waals surface area contributed by atoms with Gasteiger partial charge in [0.2, 0.25) is 0 Å². The summed E-state index contributed by atoms with van der Waals surface area (Å²) in [6, 6.07) is 11.1. The minimum Gasteiger partial charge on any atom is -0.492 e. The van der Waals surface area contributed by atoms with Crippen LogP contribution in [0.1, 0.15) is 10.4 Å². The molecule has 1 aromatic heterocycles. The van der Waals surface area contributed by atoms with Crippen molar-refractivity contribution in [2.24, 2.45) is 0 Å². The Balaban J connectivity index is 1.91. The van der Waals surface area contributed by atoms with Crippen molar-refractivity contribution in [1.29, 1.82) is 0 Å². The number of carbonyl (C=O) groups is 1. The third-order valence-corrected chi connectivity index (χ3v) is 2.60. The Bertz CT molecular complexity index is 616. The molecule has 98 valence electrons. The summed E-state index contributed by atoms with van der Waals surface area (Å²) in [6.45, 7) is 0.788. The van der Waals surface area contributed by atoms with Gasteiger partial charge in [0.15, 0.2) is 0 Å². The number of hydrogen-bond donors (Lipinski definition) is 1. The molecule has 0 aliphatic carbocycles. The molecule has 0 saturated carbocycles. The number of nitrogens with zero attached hydrogens (tertiary/aromatic N) is 1. The van der Waals surface area contributed by atoms with Crippen LogP contribution < -0.4 is 10.3 Å². The predicted octanol–water partition coefficient (Wildman–Crippen LogP) is 1.63. The molecule has 0 spiro atoms. The average Bonchev–Trinajstić information content (AvgIpc) is 2.41. The van der Waals surface area contributed by atoms with Crippen molar-refractivity contribution >= 4 is 5.97 Å². The Morgan fingerprint density at radius 3 is 2.53 bits per heavy atom. The topological polar surface area (TPSA) is 68.5 Å². The summed E-state index contributed by atoms with van der Waals surface area (Å²) in [5, 5.41) is 8.75. The molecule has 2 aromatic rings. The summed E-state index contributed by atoms with van der Waals surface area (Å²) in [4.78, 5) is 22.1. The van der Waals surface area contributed by atoms with Crippen LogP contribution in [0, 0.1) is 0 Å². The number of hydrogen-bond acceptors (Lipinski definition) is 3. The molecule has 0 amide bonds. The predicted molar refractivity (Wildman–Crippen MR) is 69.6 cm³/mol. The van der Waals surface area contributed by atoms with Crippen LogP contribution in [0.2, 0.25) is 0 Å². The first-order valence-corrected chi connectivity index (χ1v) is 5.78. The fraction of sp³-hybridized carbons (Fsp3) is 0.143. The van der Waals surface area contributed by atoms with Crippen LogP contribution >= 0.6 is 0 Å². The van der Waals surface area contributed by atoms with E-state index < -0.39 is 5.97 Å². The lowest BCUT2D eigenvalue weighted by Gasteiger charge is -2.08. The van der Waals surface area contributed by atoms with Crippen molar-refractivity contribution in [1.82, 2.24) is 4.57 Å². The van der Waals surface area contributed by atoms with Gasteiger partial charge in [-0.3, -0.25) is 4.79 Å². The molecule has 0 aliphatic rings. The Morgan fingerprint density at radius 2 is 1.89 bits per heavy atom. The van der Waals surface area contributed by atoms with Crippen molar-refractivity contribution in [2.45, 2.75) is 6.54 Å². The molecule has 1 N–H and O–H groups in total. The summed E-state index contributed by atoms with van der Waals surface area (Å²) in [5.74, 6) is -0.392. The number of aromatic carboxylic acids is 1. The molecule has 5 nitrogen and oxygen atoms in total. The van der Waals surface area contributed by atoms with Crippen LogP contribution in [-0.4, -0.2) is 22.2 Å². The standard InChI is InChI=1S/C14H13NO4/c16-13-3-1-2-8-15(13)9-10-19-12-6-4-11(5-7-12)14(17)18/h1-8H,9-10H2,(H,17,18). The highest BCUT2D eigenvalue weighted by molar-refractivity contribution is 5.87. The van der Waals surface area contributed by atoms with Gasteiger partial charge in [-0.1, -0.05) is 6.07 Å². The normalized spacial score (nSPS) is 10.1. The van der Waals surface area contributed by atoms with Gasteiger partial charge in [0.25, 0.3) is 5.56 Å². The Hall–Kier alpha value is -2.56. The van der Waals surface area contributed by atoms with Gasteiger partial charge in [0, 0.05) is 12.3 Å². The van der Waals surface area contributed by atoms with Gasteiger partial charge in [-0.05, 0) is 30.3 Å². The third-order valence-electron chi connectivity index (χ3n) is 2.60. The van der Waals surface area contributed by atoms with E-state index in [2.05, 4.69) is 0 Å². The quantitative estimate of drug-likeness (QED) is 0.886. The van der Waals surface area contributed by atoms with Crippen LogP contribution in [0.15, 0.2) is 53.5 Å². The molecule has 0 saturated heterocycles. The van der Waals surface area contributed by atoms with Gasteiger partial charge in [0.1, 0.15) is 12.4 Å². The molecule has 0 atom stereocenters. The van der Waals surface area contributed by atoms with E-state index in [1.807, 2.05) is 0 Å². The van der Waals surface area contributed by atoms with E-state index in [0.717, 1.165) is 0 Å². The highest BCUT2D eigenvalue weighted by Gasteiger charge is 2.02. The molecule has 5 heteroatoms. The molecule has 2 rings (SSSR count). The summed E-state index contributed by atoms with van der Waals surface area (Å²) in [6.07, 6.45) is 1.69. The lowest BCUT2D eigenvalue weighted by atomic mass is 10.2. The van der Waals surface area contributed by atoms with Gasteiger partial charge in [-0.15, -0.1) is 0 Å². The van der Waals surface area contributed by atoms with Crippen LogP contribution in [-0.2, 0) is 6.54 Å². The molecule has 0 unspecified atom stereocenters. The number of ether oxygens (including phenoxy) is 1. The molecular formula is C14H13NO4. The van der Waals surface area contributed by atoms with Crippen LogP contribution in [0.3, 0.4) is 0 Å². The second-order valence-electron chi connectivity index (χ2n) is 3.91. The highest BCUT2D eigenvalue weighted by Crippen LogP contribution is 2.12. The average molecular weight is 259 g/mol. The lowest BCUT2D eigenvalue weighted by Crippen LogP contribution is -2.21. The van der Waals surface area contributed by atoms with E-state index in [1.54, 1.807) is 35.0 Å². The maximum Gasteiger partial charge on any atom is 0.335 e. The summed E-state index contributed by atoms with van der Waals surface area (Å²) >= 11 is 0. The highest BCUT2D eigenvalue weighted by atomic mass is 16.5. The van der Waals surface area contributed by atoms with Gasteiger partial charge in [-0.2, -0.15) is 0 Å². The maximum absolute atomic E-state index is 11.4. The number of aromatic nitrogens is 1. The Labute approximate surface area is 109 Å². The Morgan fingerprint density at radius 1 is 1.16 bits per heavy atom. The molecule has 0 bridgehead atoms. The zero-order chi connectivity index (χ0) is 13.7. The first kappa shape index (κ1) is 12.9. The van der Waals surface area contributed by atoms with Crippen LogP contribution in [0.4, 0.5) is 0 Å². The van der Waals surface area contributed by atoms with Crippen LogP contribution in [0.5, 0.6) is 5.75 Å². The minimum atomic E-state index is -0.970. The second kappa shape index (κ2) is 5.86. The van der Waals surface area contributed by atoms with E-state index >= 15 is 0 Å². The molecule has 1 heterocycles. The molecule has 0 radical (unpaired) electrons. The molecule has 0 aliphatic heterocycles. The van der Waals surface area contributed by atoms with E-state index in [9.17, 15) is 9.59 Å². The van der Waals surface area contributed by atoms with Crippen LogP contribution in [0.25, 0.3) is 0 Å². The van der Waals surface area contributed by atoms with Crippen molar-refractivity contribution < 1.29 is 14.6 Å². The fourth-order valence-electron chi connectivity index (χ4n) is 1.60. The van der Waals surface area contributed by atoms with Gasteiger partial charge < -0.3 is 14.4 Å².